The van der Waals surface area contributed by atoms with Crippen LogP contribution in [-0.2, 0) is 4.79 Å². The first-order valence-corrected chi connectivity index (χ1v) is 8.63. The molecule has 0 radical (unpaired) electrons. The Labute approximate surface area is 143 Å². The van der Waals surface area contributed by atoms with Crippen LogP contribution in [0.4, 0.5) is 11.4 Å². The van der Waals surface area contributed by atoms with Crippen LogP contribution < -0.4 is 16.0 Å². The van der Waals surface area contributed by atoms with E-state index >= 15 is 0 Å². The summed E-state index contributed by atoms with van der Waals surface area (Å²) in [5.41, 5.74) is 3.11. The molecule has 3 N–H and O–H groups in total. The van der Waals surface area contributed by atoms with Crippen molar-refractivity contribution in [1.82, 2.24) is 5.32 Å². The molecule has 4 nitrogen and oxygen atoms in total. The van der Waals surface area contributed by atoms with Crippen LogP contribution in [0.2, 0.25) is 0 Å². The summed E-state index contributed by atoms with van der Waals surface area (Å²) in [5.74, 6) is 0.795. The van der Waals surface area contributed by atoms with Gasteiger partial charge >= 0.3 is 0 Å². The Kier molecular flexibility index (Phi) is 5.49. The number of hydrogen-bond acceptors (Lipinski definition) is 3. The van der Waals surface area contributed by atoms with Crippen molar-refractivity contribution in [3.8, 4) is 0 Å². The maximum atomic E-state index is 11.9. The van der Waals surface area contributed by atoms with Gasteiger partial charge in [-0.15, -0.1) is 0 Å². The van der Waals surface area contributed by atoms with Crippen LogP contribution in [0.3, 0.4) is 0 Å². The first-order valence-electron chi connectivity index (χ1n) is 8.63. The van der Waals surface area contributed by atoms with E-state index in [9.17, 15) is 4.79 Å². The van der Waals surface area contributed by atoms with Gasteiger partial charge in [0.1, 0.15) is 0 Å². The Morgan fingerprint density at radius 1 is 1.04 bits per heavy atom. The molecule has 0 bridgehead atoms. The van der Waals surface area contributed by atoms with Crippen molar-refractivity contribution in [2.75, 3.05) is 23.7 Å². The van der Waals surface area contributed by atoms with Gasteiger partial charge < -0.3 is 16.0 Å². The second-order valence-electron chi connectivity index (χ2n) is 6.48. The van der Waals surface area contributed by atoms with E-state index in [1.165, 1.54) is 18.4 Å². The predicted octanol–water partition coefficient (Wildman–Crippen LogP) is 3.80. The molecule has 24 heavy (non-hydrogen) atoms. The quantitative estimate of drug-likeness (QED) is 0.692. The number of hydrogen-bond donors (Lipinski definition) is 3. The minimum atomic E-state index is 0.00835. The summed E-state index contributed by atoms with van der Waals surface area (Å²) in [5, 5.41) is 9.59. The van der Waals surface area contributed by atoms with Gasteiger partial charge in [-0.05, 0) is 62.1 Å². The van der Waals surface area contributed by atoms with Gasteiger partial charge in [0.15, 0.2) is 0 Å². The van der Waals surface area contributed by atoms with Crippen molar-refractivity contribution >= 4 is 17.3 Å². The van der Waals surface area contributed by atoms with Crippen molar-refractivity contribution in [2.24, 2.45) is 5.92 Å². The molecule has 0 spiro atoms. The molecule has 2 aromatic rings. The molecule has 4 heteroatoms. The summed E-state index contributed by atoms with van der Waals surface area (Å²) >= 11 is 0. The number of carbonyl (C=O) groups is 1. The molecular weight excluding hydrogens is 298 g/mol. The lowest BCUT2D eigenvalue weighted by Gasteiger charge is -2.16. The van der Waals surface area contributed by atoms with Crippen LogP contribution in [0, 0.1) is 5.92 Å². The molecule has 2 aromatic carbocycles. The molecule has 1 unspecified atom stereocenters. The second kappa shape index (κ2) is 7.97. The summed E-state index contributed by atoms with van der Waals surface area (Å²) in [6.07, 6.45) is 2.59. The monoisotopic (exact) mass is 323 g/mol. The first-order chi connectivity index (χ1) is 11.7. The number of amides is 1. The van der Waals surface area contributed by atoms with Gasteiger partial charge in [-0.2, -0.15) is 0 Å². The maximum absolute atomic E-state index is 11.9. The van der Waals surface area contributed by atoms with Gasteiger partial charge in [0.25, 0.3) is 0 Å². The van der Waals surface area contributed by atoms with Gasteiger partial charge in [0.05, 0.1) is 6.54 Å². The molecule has 1 fully saturated rings. The third kappa shape index (κ3) is 5.10. The molecule has 3 rings (SSSR count). The van der Waals surface area contributed by atoms with Crippen molar-refractivity contribution < 1.29 is 4.79 Å². The van der Waals surface area contributed by atoms with E-state index in [4.69, 9.17) is 0 Å². The minimum absolute atomic E-state index is 0.00835. The fraction of sp³-hybridized carbons (Fsp3) is 0.350. The Bertz CT molecular complexity index is 650. The first kappa shape index (κ1) is 16.5. The number of benzene rings is 2. The molecule has 0 heterocycles. The number of rotatable bonds is 8. The lowest BCUT2D eigenvalue weighted by molar-refractivity contribution is -0.115. The molecule has 0 aliphatic heterocycles. The number of nitrogens with one attached hydrogen (secondary N) is 3. The SMILES string of the molecule is CC(Nc1ccc(NC(=O)CNCC2CC2)cc1)c1ccccc1. The summed E-state index contributed by atoms with van der Waals surface area (Å²) in [4.78, 5) is 11.9. The highest BCUT2D eigenvalue weighted by Crippen LogP contribution is 2.27. The summed E-state index contributed by atoms with van der Waals surface area (Å²) in [6.45, 7) is 3.46. The average molecular weight is 323 g/mol. The summed E-state index contributed by atoms with van der Waals surface area (Å²) in [6, 6.07) is 18.4. The van der Waals surface area contributed by atoms with Gasteiger partial charge in [-0.3, -0.25) is 4.79 Å². The van der Waals surface area contributed by atoms with Gasteiger partial charge in [0.2, 0.25) is 5.91 Å². The van der Waals surface area contributed by atoms with E-state index < -0.39 is 0 Å². The topological polar surface area (TPSA) is 53.2 Å². The molecular formula is C20H25N3O. The lowest BCUT2D eigenvalue weighted by atomic mass is 10.1. The van der Waals surface area contributed by atoms with E-state index in [1.807, 2.05) is 42.5 Å². The van der Waals surface area contributed by atoms with E-state index in [0.29, 0.717) is 6.54 Å². The zero-order valence-corrected chi connectivity index (χ0v) is 14.1. The Morgan fingerprint density at radius 2 is 1.71 bits per heavy atom. The third-order valence-corrected chi connectivity index (χ3v) is 4.27. The highest BCUT2D eigenvalue weighted by atomic mass is 16.1. The molecule has 1 atom stereocenters. The van der Waals surface area contributed by atoms with Crippen molar-refractivity contribution in [1.29, 1.82) is 0 Å². The normalized spacial score (nSPS) is 14.9. The van der Waals surface area contributed by atoms with E-state index in [0.717, 1.165) is 23.8 Å². The molecule has 0 aromatic heterocycles. The number of carbonyl (C=O) groups excluding carboxylic acids is 1. The summed E-state index contributed by atoms with van der Waals surface area (Å²) < 4.78 is 0. The van der Waals surface area contributed by atoms with Gasteiger partial charge in [0, 0.05) is 17.4 Å². The Morgan fingerprint density at radius 3 is 2.38 bits per heavy atom. The lowest BCUT2D eigenvalue weighted by Crippen LogP contribution is -2.29. The fourth-order valence-electron chi connectivity index (χ4n) is 2.64. The highest BCUT2D eigenvalue weighted by Gasteiger charge is 2.20. The average Bonchev–Trinajstić information content (AvgIpc) is 3.42. The van der Waals surface area contributed by atoms with E-state index in [-0.39, 0.29) is 11.9 Å². The summed E-state index contributed by atoms with van der Waals surface area (Å²) in [7, 11) is 0. The standard InChI is InChI=1S/C20H25N3O/c1-15(17-5-3-2-4-6-17)22-18-9-11-19(12-10-18)23-20(24)14-21-13-16-7-8-16/h2-6,9-12,15-16,21-22H,7-8,13-14H2,1H3,(H,23,24). The van der Waals surface area contributed by atoms with Crippen LogP contribution >= 0.6 is 0 Å². The molecule has 126 valence electrons. The second-order valence-corrected chi connectivity index (χ2v) is 6.48. The largest absolute Gasteiger partial charge is 0.379 e. The molecule has 1 aliphatic rings. The predicted molar refractivity (Wildman–Crippen MR) is 99.1 cm³/mol. The highest BCUT2D eigenvalue weighted by molar-refractivity contribution is 5.92. The van der Waals surface area contributed by atoms with Crippen molar-refractivity contribution in [3.63, 3.8) is 0 Å². The number of anilines is 2. The fourth-order valence-corrected chi connectivity index (χ4v) is 2.64. The van der Waals surface area contributed by atoms with E-state index in [2.05, 4.69) is 35.0 Å². The molecule has 1 saturated carbocycles. The molecule has 1 aliphatic carbocycles. The molecule has 1 amide bonds. The zero-order chi connectivity index (χ0) is 16.8. The van der Waals surface area contributed by atoms with Crippen LogP contribution in [0.5, 0.6) is 0 Å². The Hall–Kier alpha value is -2.33. The van der Waals surface area contributed by atoms with Crippen LogP contribution in [0.25, 0.3) is 0 Å². The Balaban J connectivity index is 1.46. The zero-order valence-electron chi connectivity index (χ0n) is 14.1. The minimum Gasteiger partial charge on any atom is -0.379 e. The van der Waals surface area contributed by atoms with Crippen LogP contribution in [0.15, 0.2) is 54.6 Å². The van der Waals surface area contributed by atoms with Crippen LogP contribution in [0.1, 0.15) is 31.4 Å². The van der Waals surface area contributed by atoms with Crippen molar-refractivity contribution in [3.05, 3.63) is 60.2 Å². The van der Waals surface area contributed by atoms with Gasteiger partial charge in [-0.25, -0.2) is 0 Å². The molecule has 0 saturated heterocycles. The van der Waals surface area contributed by atoms with E-state index in [1.54, 1.807) is 0 Å². The van der Waals surface area contributed by atoms with Gasteiger partial charge in [-0.1, -0.05) is 30.3 Å². The van der Waals surface area contributed by atoms with Crippen molar-refractivity contribution in [2.45, 2.75) is 25.8 Å². The maximum Gasteiger partial charge on any atom is 0.238 e. The third-order valence-electron chi connectivity index (χ3n) is 4.27. The smallest absolute Gasteiger partial charge is 0.238 e. The van der Waals surface area contributed by atoms with Crippen LogP contribution in [-0.4, -0.2) is 19.0 Å².